The molecule has 5 nitrogen and oxygen atoms in total. The van der Waals surface area contributed by atoms with Crippen molar-refractivity contribution in [3.8, 4) is 5.75 Å². The van der Waals surface area contributed by atoms with E-state index in [2.05, 4.69) is 0 Å². The Morgan fingerprint density at radius 1 is 1.27 bits per heavy atom. The quantitative estimate of drug-likeness (QED) is 0.673. The van der Waals surface area contributed by atoms with Gasteiger partial charge in [-0.2, -0.15) is 5.06 Å². The molecule has 2 aromatic rings. The minimum absolute atomic E-state index is 0.365. The highest BCUT2D eigenvalue weighted by Gasteiger charge is 2.29. The second-order valence-corrected chi connectivity index (χ2v) is 5.37. The molecule has 1 aliphatic carbocycles. The predicted octanol–water partition coefficient (Wildman–Crippen LogP) is 3.02. The number of ether oxygens (including phenoxy) is 1. The van der Waals surface area contributed by atoms with Crippen LogP contribution in [0.3, 0.4) is 0 Å². The van der Waals surface area contributed by atoms with E-state index in [1.54, 1.807) is 0 Å². The number of benzene rings is 2. The molecule has 0 radical (unpaired) electrons. The Morgan fingerprint density at radius 2 is 2.05 bits per heavy atom. The highest BCUT2D eigenvalue weighted by molar-refractivity contribution is 5.71. The first kappa shape index (κ1) is 14.4. The Labute approximate surface area is 128 Å². The van der Waals surface area contributed by atoms with Crippen LogP contribution in [0.2, 0.25) is 0 Å². The lowest BCUT2D eigenvalue weighted by Gasteiger charge is -2.20. The zero-order chi connectivity index (χ0) is 15.5. The number of carbonyl (C=O) groups excluding carboxylic acids is 1. The summed E-state index contributed by atoms with van der Waals surface area (Å²) in [6.07, 6.45) is 1.45. The minimum atomic E-state index is -0.831. The van der Waals surface area contributed by atoms with Gasteiger partial charge >= 0.3 is 6.03 Å². The summed E-state index contributed by atoms with van der Waals surface area (Å²) in [4.78, 5) is 11.1. The van der Waals surface area contributed by atoms with Crippen molar-refractivity contribution in [1.82, 2.24) is 5.06 Å². The topological polar surface area (TPSA) is 75.8 Å². The smallest absolute Gasteiger partial charge is 0.339 e. The van der Waals surface area contributed by atoms with Crippen LogP contribution in [0.15, 0.2) is 48.5 Å². The molecule has 114 valence electrons. The van der Waals surface area contributed by atoms with Gasteiger partial charge in [0.2, 0.25) is 0 Å². The van der Waals surface area contributed by atoms with Gasteiger partial charge in [0, 0.05) is 0 Å². The first-order valence-electron chi connectivity index (χ1n) is 7.22. The largest absolute Gasteiger partial charge is 0.489 e. The van der Waals surface area contributed by atoms with Gasteiger partial charge in [0.25, 0.3) is 0 Å². The maximum Gasteiger partial charge on any atom is 0.339 e. The van der Waals surface area contributed by atoms with Gasteiger partial charge in [-0.25, -0.2) is 4.79 Å². The Hall–Kier alpha value is -2.53. The monoisotopic (exact) mass is 298 g/mol. The normalized spacial score (nSPS) is 16.1. The van der Waals surface area contributed by atoms with E-state index in [-0.39, 0.29) is 6.04 Å². The van der Waals surface area contributed by atoms with Crippen molar-refractivity contribution in [3.63, 3.8) is 0 Å². The summed E-state index contributed by atoms with van der Waals surface area (Å²) in [5, 5.41) is 10.3. The van der Waals surface area contributed by atoms with Crippen molar-refractivity contribution in [1.29, 1.82) is 0 Å². The van der Waals surface area contributed by atoms with Crippen molar-refractivity contribution in [2.45, 2.75) is 25.5 Å². The maximum atomic E-state index is 11.1. The van der Waals surface area contributed by atoms with Gasteiger partial charge in [-0.15, -0.1) is 0 Å². The van der Waals surface area contributed by atoms with Crippen molar-refractivity contribution < 1.29 is 14.7 Å². The van der Waals surface area contributed by atoms with Crippen LogP contribution < -0.4 is 10.5 Å². The van der Waals surface area contributed by atoms with Gasteiger partial charge in [-0.1, -0.05) is 36.4 Å². The van der Waals surface area contributed by atoms with E-state index in [1.165, 1.54) is 0 Å². The number of aryl methyl sites for hydroxylation is 1. The third kappa shape index (κ3) is 2.89. The number of hydrogen-bond donors (Lipinski definition) is 2. The van der Waals surface area contributed by atoms with Crippen LogP contribution in [0.25, 0.3) is 0 Å². The number of carbonyl (C=O) groups is 1. The molecular formula is C17H18N2O3. The highest BCUT2D eigenvalue weighted by atomic mass is 16.5. The Bertz CT molecular complexity index is 673. The zero-order valence-electron chi connectivity index (χ0n) is 12.1. The molecule has 0 aromatic heterocycles. The summed E-state index contributed by atoms with van der Waals surface area (Å²) in [6, 6.07) is 14.5. The molecule has 0 spiro atoms. The van der Waals surface area contributed by atoms with Crippen LogP contribution in [0, 0.1) is 0 Å². The maximum absolute atomic E-state index is 11.1. The molecule has 0 fully saturated rings. The molecular weight excluding hydrogens is 280 g/mol. The number of hydroxylamine groups is 2. The molecule has 0 saturated carbocycles. The lowest BCUT2D eigenvalue weighted by molar-refractivity contribution is -0.0757. The molecule has 0 aliphatic heterocycles. The van der Waals surface area contributed by atoms with Gasteiger partial charge in [0.05, 0.1) is 6.04 Å². The van der Waals surface area contributed by atoms with Gasteiger partial charge in [-0.05, 0) is 41.7 Å². The van der Waals surface area contributed by atoms with Crippen LogP contribution in [0.1, 0.15) is 29.2 Å². The average molecular weight is 298 g/mol. The van der Waals surface area contributed by atoms with Crippen LogP contribution in [-0.2, 0) is 13.0 Å². The first-order chi connectivity index (χ1) is 10.6. The number of fused-ring (bicyclic) bond motifs is 1. The SMILES string of the molecule is NC(=O)N(O)[C@@H]1CCc2cc(OCc3ccccc3)ccc21. The molecule has 2 amide bonds. The molecule has 0 heterocycles. The lowest BCUT2D eigenvalue weighted by Crippen LogP contribution is -2.35. The van der Waals surface area contributed by atoms with E-state index < -0.39 is 6.03 Å². The van der Waals surface area contributed by atoms with Crippen LogP contribution in [-0.4, -0.2) is 16.3 Å². The number of hydrogen-bond acceptors (Lipinski definition) is 3. The van der Waals surface area contributed by atoms with E-state index in [9.17, 15) is 10.0 Å². The number of rotatable bonds is 4. The fraction of sp³-hybridized carbons (Fsp3) is 0.235. The van der Waals surface area contributed by atoms with E-state index in [4.69, 9.17) is 10.5 Å². The number of nitrogens with zero attached hydrogens (tertiary/aromatic N) is 1. The minimum Gasteiger partial charge on any atom is -0.489 e. The molecule has 1 aliphatic rings. The van der Waals surface area contributed by atoms with Crippen molar-refractivity contribution in [2.75, 3.05) is 0 Å². The zero-order valence-corrected chi connectivity index (χ0v) is 12.1. The summed E-state index contributed by atoms with van der Waals surface area (Å²) in [5.41, 5.74) is 8.24. The average Bonchev–Trinajstić information content (AvgIpc) is 2.96. The Morgan fingerprint density at radius 3 is 2.77 bits per heavy atom. The summed E-state index contributed by atoms with van der Waals surface area (Å²) < 4.78 is 5.79. The number of urea groups is 1. The second-order valence-electron chi connectivity index (χ2n) is 5.37. The Kier molecular flexibility index (Phi) is 3.98. The molecule has 0 saturated heterocycles. The molecule has 5 heteroatoms. The molecule has 0 unspecified atom stereocenters. The second kappa shape index (κ2) is 6.07. The van der Waals surface area contributed by atoms with Crippen molar-refractivity contribution in [3.05, 3.63) is 65.2 Å². The fourth-order valence-electron chi connectivity index (χ4n) is 2.81. The van der Waals surface area contributed by atoms with Crippen molar-refractivity contribution >= 4 is 6.03 Å². The molecule has 0 bridgehead atoms. The van der Waals surface area contributed by atoms with E-state index in [0.29, 0.717) is 18.1 Å². The third-order valence-corrected chi connectivity index (χ3v) is 3.93. The molecule has 3 N–H and O–H groups in total. The van der Waals surface area contributed by atoms with Crippen LogP contribution >= 0.6 is 0 Å². The molecule has 2 aromatic carbocycles. The summed E-state index contributed by atoms with van der Waals surface area (Å²) >= 11 is 0. The molecule has 22 heavy (non-hydrogen) atoms. The van der Waals surface area contributed by atoms with Gasteiger partial charge in [-0.3, -0.25) is 5.21 Å². The van der Waals surface area contributed by atoms with E-state index in [0.717, 1.165) is 28.9 Å². The third-order valence-electron chi connectivity index (χ3n) is 3.93. The Balaban J connectivity index is 1.71. The first-order valence-corrected chi connectivity index (χ1v) is 7.22. The lowest BCUT2D eigenvalue weighted by atomic mass is 10.1. The summed E-state index contributed by atoms with van der Waals surface area (Å²) in [6.45, 7) is 0.510. The molecule has 3 rings (SSSR count). The predicted molar refractivity (Wildman–Crippen MR) is 81.5 cm³/mol. The van der Waals surface area contributed by atoms with Gasteiger partial charge in [0.1, 0.15) is 12.4 Å². The highest BCUT2D eigenvalue weighted by Crippen LogP contribution is 2.36. The number of nitrogens with two attached hydrogens (primary N) is 1. The van der Waals surface area contributed by atoms with E-state index in [1.807, 2.05) is 48.5 Å². The summed E-state index contributed by atoms with van der Waals surface area (Å²) in [5.74, 6) is 0.784. The standard InChI is InChI=1S/C17H18N2O3/c18-17(20)19(21)16-9-6-13-10-14(7-8-15(13)16)22-11-12-4-2-1-3-5-12/h1-5,7-8,10,16,21H,6,9,11H2,(H2,18,20)/t16-/m1/s1. The number of amides is 2. The van der Waals surface area contributed by atoms with Crippen LogP contribution in [0.4, 0.5) is 4.79 Å². The van der Waals surface area contributed by atoms with Crippen molar-refractivity contribution in [2.24, 2.45) is 5.73 Å². The van der Waals surface area contributed by atoms with Gasteiger partial charge in [0.15, 0.2) is 0 Å². The van der Waals surface area contributed by atoms with Gasteiger partial charge < -0.3 is 10.5 Å². The van der Waals surface area contributed by atoms with Crippen LogP contribution in [0.5, 0.6) is 5.75 Å². The summed E-state index contributed by atoms with van der Waals surface area (Å²) in [7, 11) is 0. The fourth-order valence-corrected chi connectivity index (χ4v) is 2.81. The van der Waals surface area contributed by atoms with E-state index >= 15 is 0 Å². The number of primary amides is 1. The molecule has 1 atom stereocenters.